The van der Waals surface area contributed by atoms with Gasteiger partial charge in [0.05, 0.1) is 11.5 Å². The summed E-state index contributed by atoms with van der Waals surface area (Å²) < 4.78 is 22.9. The lowest BCUT2D eigenvalue weighted by molar-refractivity contribution is 0.0649. The zero-order valence-corrected chi connectivity index (χ0v) is 9.67. The standard InChI is InChI=1S/C11H18O3S/c12-7-11(4-8-3-9(8)5-11)10-1-2-15(13,14)6-10/h8-10,12H,1-7H2. The Labute approximate surface area is 90.8 Å². The van der Waals surface area contributed by atoms with Crippen molar-refractivity contribution in [2.75, 3.05) is 18.1 Å². The summed E-state index contributed by atoms with van der Waals surface area (Å²) in [6.07, 6.45) is 4.26. The van der Waals surface area contributed by atoms with E-state index in [-0.39, 0.29) is 17.9 Å². The predicted molar refractivity (Wildman–Crippen MR) is 57.1 cm³/mol. The van der Waals surface area contributed by atoms with Gasteiger partial charge in [0.2, 0.25) is 0 Å². The normalized spacial score (nSPS) is 51.7. The maximum absolute atomic E-state index is 11.5. The highest BCUT2D eigenvalue weighted by atomic mass is 32.2. The monoisotopic (exact) mass is 230 g/mol. The lowest BCUT2D eigenvalue weighted by Crippen LogP contribution is -2.34. The first-order valence-corrected chi connectivity index (χ1v) is 7.68. The molecule has 0 aromatic rings. The van der Waals surface area contributed by atoms with Crippen LogP contribution in [0.15, 0.2) is 0 Å². The van der Waals surface area contributed by atoms with Crippen LogP contribution in [-0.4, -0.2) is 31.6 Å². The quantitative estimate of drug-likeness (QED) is 0.764. The summed E-state index contributed by atoms with van der Waals surface area (Å²) >= 11 is 0. The molecule has 1 N–H and O–H groups in total. The predicted octanol–water partition coefficient (Wildman–Crippen LogP) is 0.830. The van der Waals surface area contributed by atoms with Gasteiger partial charge in [-0.2, -0.15) is 0 Å². The average Bonchev–Trinajstić information content (AvgIpc) is 2.63. The van der Waals surface area contributed by atoms with Gasteiger partial charge in [-0.25, -0.2) is 8.42 Å². The van der Waals surface area contributed by atoms with Crippen LogP contribution in [0.4, 0.5) is 0 Å². The Balaban J connectivity index is 1.80. The molecule has 3 aliphatic rings. The van der Waals surface area contributed by atoms with E-state index in [4.69, 9.17) is 0 Å². The Bertz CT molecular complexity index is 363. The van der Waals surface area contributed by atoms with Gasteiger partial charge in [-0.15, -0.1) is 0 Å². The van der Waals surface area contributed by atoms with Gasteiger partial charge < -0.3 is 5.11 Å². The van der Waals surface area contributed by atoms with Crippen LogP contribution in [0, 0.1) is 23.2 Å². The van der Waals surface area contributed by atoms with Crippen molar-refractivity contribution in [3.05, 3.63) is 0 Å². The number of sulfone groups is 1. The van der Waals surface area contributed by atoms with Crippen LogP contribution < -0.4 is 0 Å². The van der Waals surface area contributed by atoms with Crippen molar-refractivity contribution in [3.63, 3.8) is 0 Å². The zero-order valence-electron chi connectivity index (χ0n) is 8.85. The number of aliphatic hydroxyl groups is 1. The molecule has 2 saturated carbocycles. The second kappa shape index (κ2) is 2.98. The molecule has 3 unspecified atom stereocenters. The molecule has 0 radical (unpaired) electrons. The molecule has 1 saturated heterocycles. The van der Waals surface area contributed by atoms with Gasteiger partial charge in [-0.05, 0) is 48.9 Å². The van der Waals surface area contributed by atoms with Gasteiger partial charge in [0.1, 0.15) is 0 Å². The van der Waals surface area contributed by atoms with Crippen LogP contribution in [0.25, 0.3) is 0 Å². The molecule has 3 rings (SSSR count). The van der Waals surface area contributed by atoms with Crippen molar-refractivity contribution in [2.24, 2.45) is 23.2 Å². The van der Waals surface area contributed by atoms with E-state index in [1.165, 1.54) is 6.42 Å². The van der Waals surface area contributed by atoms with Gasteiger partial charge in [-0.1, -0.05) is 0 Å². The lowest BCUT2D eigenvalue weighted by atomic mass is 9.72. The number of hydrogen-bond acceptors (Lipinski definition) is 3. The minimum absolute atomic E-state index is 0.0306. The third kappa shape index (κ3) is 1.53. The van der Waals surface area contributed by atoms with Crippen LogP contribution in [0.5, 0.6) is 0 Å². The maximum atomic E-state index is 11.5. The lowest BCUT2D eigenvalue weighted by Gasteiger charge is -2.34. The van der Waals surface area contributed by atoms with Crippen molar-refractivity contribution in [3.8, 4) is 0 Å². The Morgan fingerprint density at radius 3 is 2.40 bits per heavy atom. The molecular formula is C11H18O3S. The summed E-state index contributed by atoms with van der Waals surface area (Å²) in [6, 6.07) is 0. The summed E-state index contributed by atoms with van der Waals surface area (Å²) in [5, 5.41) is 9.59. The first-order valence-electron chi connectivity index (χ1n) is 5.86. The Hall–Kier alpha value is -0.0900. The summed E-state index contributed by atoms with van der Waals surface area (Å²) in [5.41, 5.74) is -0.0306. The van der Waals surface area contributed by atoms with E-state index in [0.717, 1.165) is 31.1 Å². The van der Waals surface area contributed by atoms with Crippen molar-refractivity contribution < 1.29 is 13.5 Å². The molecule has 86 valence electrons. The van der Waals surface area contributed by atoms with E-state index in [9.17, 15) is 13.5 Å². The molecule has 1 aliphatic heterocycles. The largest absolute Gasteiger partial charge is 0.396 e. The van der Waals surface area contributed by atoms with Gasteiger partial charge in [0.15, 0.2) is 9.84 Å². The van der Waals surface area contributed by atoms with Crippen LogP contribution >= 0.6 is 0 Å². The van der Waals surface area contributed by atoms with Crippen LogP contribution in [0.3, 0.4) is 0 Å². The SMILES string of the molecule is O=S1(=O)CCC(C2(CO)CC3CC3C2)C1. The van der Waals surface area contributed by atoms with Crippen molar-refractivity contribution >= 4 is 9.84 Å². The van der Waals surface area contributed by atoms with E-state index in [1.807, 2.05) is 0 Å². The van der Waals surface area contributed by atoms with Gasteiger partial charge in [-0.3, -0.25) is 0 Å². The second-order valence-corrected chi connectivity index (χ2v) is 8.01. The average molecular weight is 230 g/mol. The first-order chi connectivity index (χ1) is 7.05. The van der Waals surface area contributed by atoms with Crippen molar-refractivity contribution in [1.82, 2.24) is 0 Å². The smallest absolute Gasteiger partial charge is 0.150 e. The second-order valence-electron chi connectivity index (χ2n) is 5.78. The summed E-state index contributed by atoms with van der Waals surface area (Å²) in [7, 11) is -2.79. The van der Waals surface area contributed by atoms with Crippen LogP contribution in [-0.2, 0) is 9.84 Å². The van der Waals surface area contributed by atoms with Gasteiger partial charge >= 0.3 is 0 Å². The molecule has 0 aromatic heterocycles. The number of hydrogen-bond donors (Lipinski definition) is 1. The van der Waals surface area contributed by atoms with E-state index < -0.39 is 9.84 Å². The first kappa shape index (κ1) is 10.1. The Morgan fingerprint density at radius 2 is 1.93 bits per heavy atom. The minimum atomic E-state index is -2.79. The fraction of sp³-hybridized carbons (Fsp3) is 1.00. The van der Waals surface area contributed by atoms with E-state index in [1.54, 1.807) is 0 Å². The van der Waals surface area contributed by atoms with Crippen molar-refractivity contribution in [2.45, 2.75) is 25.7 Å². The van der Waals surface area contributed by atoms with E-state index >= 15 is 0 Å². The molecule has 3 fully saturated rings. The fourth-order valence-corrected chi connectivity index (χ4v) is 5.75. The van der Waals surface area contributed by atoms with Crippen LogP contribution in [0.2, 0.25) is 0 Å². The molecule has 3 nitrogen and oxygen atoms in total. The highest BCUT2D eigenvalue weighted by Crippen LogP contribution is 2.63. The molecule has 0 amide bonds. The molecular weight excluding hydrogens is 212 g/mol. The third-order valence-corrected chi connectivity index (χ3v) is 6.59. The molecule has 1 heterocycles. The van der Waals surface area contributed by atoms with Gasteiger partial charge in [0, 0.05) is 6.61 Å². The number of aliphatic hydroxyl groups excluding tert-OH is 1. The van der Waals surface area contributed by atoms with Crippen molar-refractivity contribution in [1.29, 1.82) is 0 Å². The summed E-state index contributed by atoms with van der Waals surface area (Å²) in [4.78, 5) is 0. The minimum Gasteiger partial charge on any atom is -0.396 e. The Morgan fingerprint density at radius 1 is 1.27 bits per heavy atom. The maximum Gasteiger partial charge on any atom is 0.150 e. The molecule has 0 spiro atoms. The highest BCUT2D eigenvalue weighted by Gasteiger charge is 2.57. The molecule has 4 heteroatoms. The van der Waals surface area contributed by atoms with E-state index in [0.29, 0.717) is 11.5 Å². The number of fused-ring (bicyclic) bond motifs is 1. The molecule has 15 heavy (non-hydrogen) atoms. The van der Waals surface area contributed by atoms with E-state index in [2.05, 4.69) is 0 Å². The number of rotatable bonds is 2. The molecule has 2 aliphatic carbocycles. The summed E-state index contributed by atoms with van der Waals surface area (Å²) in [6.45, 7) is 0.195. The molecule has 0 bridgehead atoms. The molecule has 3 atom stereocenters. The van der Waals surface area contributed by atoms with Crippen LogP contribution in [0.1, 0.15) is 25.7 Å². The topological polar surface area (TPSA) is 54.4 Å². The Kier molecular flexibility index (Phi) is 2.00. The zero-order chi connectivity index (χ0) is 10.7. The van der Waals surface area contributed by atoms with Gasteiger partial charge in [0.25, 0.3) is 0 Å². The third-order valence-electron chi connectivity index (χ3n) is 4.82. The molecule has 0 aromatic carbocycles. The fourth-order valence-electron chi connectivity index (χ4n) is 3.81. The highest BCUT2D eigenvalue weighted by molar-refractivity contribution is 7.91. The summed E-state index contributed by atoms with van der Waals surface area (Å²) in [5.74, 6) is 2.52.